The van der Waals surface area contributed by atoms with Gasteiger partial charge in [0.2, 0.25) is 0 Å². The number of hydrogen-bond acceptors (Lipinski definition) is 1. The van der Waals surface area contributed by atoms with Crippen LogP contribution in [0.1, 0.15) is 19.5 Å². The van der Waals surface area contributed by atoms with E-state index in [2.05, 4.69) is 18.1 Å². The predicted octanol–water partition coefficient (Wildman–Crippen LogP) is 2.65. The fraction of sp³-hybridized carbons (Fsp3) is 0.222. The molecule has 0 bridgehead atoms. The summed E-state index contributed by atoms with van der Waals surface area (Å²) in [5, 5.41) is 0. The monoisotopic (exact) mass is 150 g/mol. The zero-order valence-electron chi connectivity index (χ0n) is 7.12. The summed E-state index contributed by atoms with van der Waals surface area (Å²) >= 11 is 0. The van der Waals surface area contributed by atoms with Crippen LogP contribution in [0.3, 0.4) is 0 Å². The Hall–Kier alpha value is -1.31. The maximum Gasteiger partial charge on any atom is 0.0991 e. The van der Waals surface area contributed by atoms with Gasteiger partial charge in [-0.2, -0.15) is 0 Å². The minimum Gasteiger partial charge on any atom is -0.307 e. The Kier molecular flexibility index (Phi) is 4.82. The lowest BCUT2D eigenvalue weighted by Crippen LogP contribution is -1.83. The van der Waals surface area contributed by atoms with Crippen LogP contribution in [0.15, 0.2) is 25.7 Å². The number of nitrogens with zero attached hydrogens (tertiary/aromatic N) is 2. The Morgan fingerprint density at radius 3 is 2.45 bits per heavy atom. The lowest BCUT2D eigenvalue weighted by atomic mass is 10.5. The molecule has 11 heavy (non-hydrogen) atoms. The molecule has 2 heteroatoms. The Labute approximate surface area is 67.9 Å². The molecule has 0 unspecified atom stereocenters. The van der Waals surface area contributed by atoms with Crippen LogP contribution in [0.25, 0.3) is 12.3 Å². The summed E-state index contributed by atoms with van der Waals surface area (Å²) in [6.45, 7) is 11.2. The average Bonchev–Trinajstić information content (AvgIpc) is 2.54. The molecule has 0 aliphatic rings. The lowest BCUT2D eigenvalue weighted by molar-refractivity contribution is 1.13. The van der Waals surface area contributed by atoms with E-state index in [1.54, 1.807) is 29.4 Å². The van der Waals surface area contributed by atoms with Crippen molar-refractivity contribution in [1.82, 2.24) is 9.55 Å². The maximum absolute atomic E-state index is 3.88. The van der Waals surface area contributed by atoms with E-state index in [0.717, 1.165) is 5.69 Å². The van der Waals surface area contributed by atoms with Crippen molar-refractivity contribution in [2.24, 2.45) is 0 Å². The van der Waals surface area contributed by atoms with Crippen LogP contribution in [0.2, 0.25) is 0 Å². The fourth-order valence-corrected chi connectivity index (χ4v) is 0.626. The molecule has 0 spiro atoms. The van der Waals surface area contributed by atoms with E-state index < -0.39 is 0 Å². The molecule has 0 fully saturated rings. The van der Waals surface area contributed by atoms with E-state index in [0.29, 0.717) is 0 Å². The molecule has 0 atom stereocenters. The fourth-order valence-electron chi connectivity index (χ4n) is 0.626. The first kappa shape index (κ1) is 9.69. The van der Waals surface area contributed by atoms with Gasteiger partial charge in [0.25, 0.3) is 0 Å². The summed E-state index contributed by atoms with van der Waals surface area (Å²) in [6.07, 6.45) is 6.83. The van der Waals surface area contributed by atoms with Crippen molar-refractivity contribution in [2.45, 2.75) is 13.8 Å². The van der Waals surface area contributed by atoms with Gasteiger partial charge in [-0.25, -0.2) is 4.98 Å². The van der Waals surface area contributed by atoms with Crippen LogP contribution < -0.4 is 0 Å². The SMILES string of the molecule is C=Cc1cncn1C=C.CC. The second-order valence-corrected chi connectivity index (χ2v) is 1.61. The smallest absolute Gasteiger partial charge is 0.0991 e. The summed E-state index contributed by atoms with van der Waals surface area (Å²) in [7, 11) is 0. The quantitative estimate of drug-likeness (QED) is 0.633. The first-order valence-electron chi connectivity index (χ1n) is 3.65. The summed E-state index contributed by atoms with van der Waals surface area (Å²) in [6, 6.07) is 0. The van der Waals surface area contributed by atoms with Gasteiger partial charge in [-0.15, -0.1) is 0 Å². The molecule has 1 rings (SSSR count). The molecule has 0 amide bonds. The van der Waals surface area contributed by atoms with Crippen molar-refractivity contribution in [3.63, 3.8) is 0 Å². The predicted molar refractivity (Wildman–Crippen MR) is 50.1 cm³/mol. The van der Waals surface area contributed by atoms with Gasteiger partial charge in [-0.3, -0.25) is 0 Å². The molecule has 1 aromatic rings. The summed E-state index contributed by atoms with van der Waals surface area (Å²) in [5.74, 6) is 0. The molecule has 0 aliphatic carbocycles. The van der Waals surface area contributed by atoms with E-state index in [4.69, 9.17) is 0 Å². The Morgan fingerprint density at radius 2 is 2.09 bits per heavy atom. The van der Waals surface area contributed by atoms with Crippen LogP contribution >= 0.6 is 0 Å². The third kappa shape index (κ3) is 2.42. The third-order valence-electron chi connectivity index (χ3n) is 1.10. The van der Waals surface area contributed by atoms with Gasteiger partial charge in [0.1, 0.15) is 0 Å². The number of imidazole rings is 1. The van der Waals surface area contributed by atoms with Crippen molar-refractivity contribution in [2.75, 3.05) is 0 Å². The summed E-state index contributed by atoms with van der Waals surface area (Å²) < 4.78 is 1.80. The van der Waals surface area contributed by atoms with Crippen molar-refractivity contribution >= 4 is 12.3 Å². The van der Waals surface area contributed by atoms with E-state index in [1.807, 2.05) is 13.8 Å². The maximum atomic E-state index is 3.88. The standard InChI is InChI=1S/C7H8N2.C2H6/c1-3-7-5-8-6-9(7)4-2;1-2/h3-6H,1-2H2;1-2H3. The van der Waals surface area contributed by atoms with E-state index in [9.17, 15) is 0 Å². The molecular weight excluding hydrogens is 136 g/mol. The van der Waals surface area contributed by atoms with E-state index in [-0.39, 0.29) is 0 Å². The van der Waals surface area contributed by atoms with Gasteiger partial charge in [-0.05, 0) is 6.08 Å². The van der Waals surface area contributed by atoms with Gasteiger partial charge >= 0.3 is 0 Å². The largest absolute Gasteiger partial charge is 0.307 e. The van der Waals surface area contributed by atoms with Gasteiger partial charge < -0.3 is 4.57 Å². The molecular formula is C9H14N2. The van der Waals surface area contributed by atoms with E-state index >= 15 is 0 Å². The van der Waals surface area contributed by atoms with Gasteiger partial charge in [0, 0.05) is 6.20 Å². The highest BCUT2D eigenvalue weighted by molar-refractivity contribution is 5.44. The molecule has 0 aliphatic heterocycles. The molecule has 0 aromatic carbocycles. The minimum atomic E-state index is 0.963. The highest BCUT2D eigenvalue weighted by Gasteiger charge is 1.89. The highest BCUT2D eigenvalue weighted by Crippen LogP contribution is 1.99. The van der Waals surface area contributed by atoms with Crippen molar-refractivity contribution in [3.8, 4) is 0 Å². The average molecular weight is 150 g/mol. The zero-order valence-corrected chi connectivity index (χ0v) is 7.12. The van der Waals surface area contributed by atoms with Crippen molar-refractivity contribution in [1.29, 1.82) is 0 Å². The molecule has 60 valence electrons. The second-order valence-electron chi connectivity index (χ2n) is 1.61. The molecule has 0 N–H and O–H groups in total. The van der Waals surface area contributed by atoms with Gasteiger partial charge in [-0.1, -0.05) is 27.0 Å². The van der Waals surface area contributed by atoms with Crippen LogP contribution in [-0.4, -0.2) is 9.55 Å². The van der Waals surface area contributed by atoms with Crippen molar-refractivity contribution in [3.05, 3.63) is 31.4 Å². The Balaban J connectivity index is 0.000000461. The van der Waals surface area contributed by atoms with Crippen molar-refractivity contribution < 1.29 is 0 Å². The molecule has 0 saturated carbocycles. The summed E-state index contributed by atoms with van der Waals surface area (Å²) in [4.78, 5) is 3.88. The van der Waals surface area contributed by atoms with Gasteiger partial charge in [0.15, 0.2) is 0 Å². The molecule has 2 nitrogen and oxygen atoms in total. The van der Waals surface area contributed by atoms with E-state index in [1.165, 1.54) is 0 Å². The van der Waals surface area contributed by atoms with Crippen LogP contribution in [0.4, 0.5) is 0 Å². The summed E-state index contributed by atoms with van der Waals surface area (Å²) in [5.41, 5.74) is 0.963. The van der Waals surface area contributed by atoms with Crippen LogP contribution in [-0.2, 0) is 0 Å². The number of rotatable bonds is 2. The van der Waals surface area contributed by atoms with Crippen LogP contribution in [0, 0.1) is 0 Å². The third-order valence-corrected chi connectivity index (χ3v) is 1.10. The topological polar surface area (TPSA) is 17.8 Å². The molecule has 1 aromatic heterocycles. The van der Waals surface area contributed by atoms with Gasteiger partial charge in [0.05, 0.1) is 18.2 Å². The molecule has 0 radical (unpaired) electrons. The number of hydrogen-bond donors (Lipinski definition) is 0. The minimum absolute atomic E-state index is 0.963. The normalized spacial score (nSPS) is 7.82. The number of aromatic nitrogens is 2. The first-order chi connectivity index (χ1) is 5.38. The molecule has 0 saturated heterocycles. The second kappa shape index (κ2) is 5.47. The molecule has 1 heterocycles. The van der Waals surface area contributed by atoms with Crippen LogP contribution in [0.5, 0.6) is 0 Å². The lowest BCUT2D eigenvalue weighted by Gasteiger charge is -1.91. The highest BCUT2D eigenvalue weighted by atomic mass is 15.0. The first-order valence-corrected chi connectivity index (χ1v) is 3.65. The Bertz CT molecular complexity index is 201. The Morgan fingerprint density at radius 1 is 1.45 bits per heavy atom. The zero-order chi connectivity index (χ0) is 8.69.